The van der Waals surface area contributed by atoms with Crippen LogP contribution in [0.1, 0.15) is 59.3 Å². The number of unbranched alkanes of at least 4 members (excludes halogenated alkanes) is 1. The largest absolute Gasteiger partial charge is 0.317 e. The second-order valence-corrected chi connectivity index (χ2v) is 5.18. The van der Waals surface area contributed by atoms with E-state index in [9.17, 15) is 0 Å². The highest BCUT2D eigenvalue weighted by Crippen LogP contribution is 2.25. The molecule has 1 saturated heterocycles. The lowest BCUT2D eigenvalue weighted by Crippen LogP contribution is -2.35. The van der Waals surface area contributed by atoms with Gasteiger partial charge < -0.3 is 5.32 Å². The SMILES string of the molecule is CCCNCCCCN1C(C)CCC1CC. The third-order valence-electron chi connectivity index (χ3n) is 3.87. The molecule has 2 heteroatoms. The van der Waals surface area contributed by atoms with Crippen LogP contribution in [0.2, 0.25) is 0 Å². The first-order valence-corrected chi connectivity index (χ1v) is 7.26. The third kappa shape index (κ3) is 4.42. The Kier molecular flexibility index (Phi) is 7.06. The summed E-state index contributed by atoms with van der Waals surface area (Å²) in [6.07, 6.45) is 8.11. The highest BCUT2D eigenvalue weighted by atomic mass is 15.2. The Morgan fingerprint density at radius 1 is 1.12 bits per heavy atom. The molecule has 2 atom stereocenters. The van der Waals surface area contributed by atoms with Crippen LogP contribution in [-0.4, -0.2) is 36.6 Å². The molecule has 1 rings (SSSR count). The standard InChI is InChI=1S/C14H30N2/c1-4-10-15-11-6-7-12-16-13(3)8-9-14(16)5-2/h13-15H,4-12H2,1-3H3. The van der Waals surface area contributed by atoms with Crippen LogP contribution in [-0.2, 0) is 0 Å². The smallest absolute Gasteiger partial charge is 0.00960 e. The summed E-state index contributed by atoms with van der Waals surface area (Å²) >= 11 is 0. The van der Waals surface area contributed by atoms with E-state index >= 15 is 0 Å². The molecule has 2 nitrogen and oxygen atoms in total. The van der Waals surface area contributed by atoms with Crippen molar-refractivity contribution in [1.29, 1.82) is 0 Å². The highest BCUT2D eigenvalue weighted by Gasteiger charge is 2.28. The lowest BCUT2D eigenvalue weighted by Gasteiger charge is -2.27. The molecule has 96 valence electrons. The van der Waals surface area contributed by atoms with E-state index in [2.05, 4.69) is 31.0 Å². The van der Waals surface area contributed by atoms with Crippen molar-refractivity contribution in [3.63, 3.8) is 0 Å². The fourth-order valence-corrected chi connectivity index (χ4v) is 2.81. The molecule has 1 aliphatic rings. The number of likely N-dealkylation sites (tertiary alicyclic amines) is 1. The quantitative estimate of drug-likeness (QED) is 0.640. The first-order chi connectivity index (χ1) is 7.79. The second-order valence-electron chi connectivity index (χ2n) is 5.18. The molecule has 16 heavy (non-hydrogen) atoms. The molecule has 0 radical (unpaired) electrons. The van der Waals surface area contributed by atoms with E-state index in [0.717, 1.165) is 12.1 Å². The predicted octanol–water partition coefficient (Wildman–Crippen LogP) is 3.03. The van der Waals surface area contributed by atoms with Crippen molar-refractivity contribution < 1.29 is 0 Å². The van der Waals surface area contributed by atoms with E-state index < -0.39 is 0 Å². The van der Waals surface area contributed by atoms with Gasteiger partial charge in [-0.1, -0.05) is 13.8 Å². The van der Waals surface area contributed by atoms with Crippen molar-refractivity contribution in [3.05, 3.63) is 0 Å². The number of hydrogen-bond acceptors (Lipinski definition) is 2. The summed E-state index contributed by atoms with van der Waals surface area (Å²) in [4.78, 5) is 2.74. The molecule has 0 spiro atoms. The summed E-state index contributed by atoms with van der Waals surface area (Å²) in [7, 11) is 0. The van der Waals surface area contributed by atoms with Gasteiger partial charge >= 0.3 is 0 Å². The van der Waals surface area contributed by atoms with Crippen LogP contribution >= 0.6 is 0 Å². The monoisotopic (exact) mass is 226 g/mol. The Balaban J connectivity index is 2.06. The maximum Gasteiger partial charge on any atom is 0.00960 e. The summed E-state index contributed by atoms with van der Waals surface area (Å²) in [6.45, 7) is 10.6. The minimum atomic E-state index is 0.827. The molecule has 1 N–H and O–H groups in total. The molecule has 0 aromatic rings. The molecule has 1 aliphatic heterocycles. The van der Waals surface area contributed by atoms with E-state index in [1.165, 1.54) is 58.2 Å². The van der Waals surface area contributed by atoms with Crippen molar-refractivity contribution >= 4 is 0 Å². The van der Waals surface area contributed by atoms with Crippen LogP contribution in [0.4, 0.5) is 0 Å². The lowest BCUT2D eigenvalue weighted by molar-refractivity contribution is 0.195. The maximum absolute atomic E-state index is 3.48. The molecular weight excluding hydrogens is 196 g/mol. The van der Waals surface area contributed by atoms with Gasteiger partial charge in [-0.3, -0.25) is 4.90 Å². The van der Waals surface area contributed by atoms with Crippen LogP contribution in [0.3, 0.4) is 0 Å². The molecule has 0 amide bonds. The molecule has 0 aromatic carbocycles. The lowest BCUT2D eigenvalue weighted by atomic mass is 10.1. The zero-order valence-electron chi connectivity index (χ0n) is 11.5. The first kappa shape index (κ1) is 14.0. The second kappa shape index (κ2) is 8.08. The van der Waals surface area contributed by atoms with Gasteiger partial charge in [0, 0.05) is 12.1 Å². The normalized spacial score (nSPS) is 26.4. The molecule has 1 fully saturated rings. The summed E-state index contributed by atoms with van der Waals surface area (Å²) < 4.78 is 0. The Bertz CT molecular complexity index is 170. The van der Waals surface area contributed by atoms with Gasteiger partial charge in [-0.15, -0.1) is 0 Å². The number of rotatable bonds is 8. The number of nitrogens with zero attached hydrogens (tertiary/aromatic N) is 1. The van der Waals surface area contributed by atoms with Crippen LogP contribution in [0.5, 0.6) is 0 Å². The molecular formula is C14H30N2. The van der Waals surface area contributed by atoms with Gasteiger partial charge in [-0.2, -0.15) is 0 Å². The fraction of sp³-hybridized carbons (Fsp3) is 1.00. The molecule has 0 aromatic heterocycles. The van der Waals surface area contributed by atoms with E-state index in [1.54, 1.807) is 0 Å². The van der Waals surface area contributed by atoms with Crippen LogP contribution < -0.4 is 5.32 Å². The number of nitrogens with one attached hydrogen (secondary N) is 1. The average molecular weight is 226 g/mol. The summed E-state index contributed by atoms with van der Waals surface area (Å²) in [5, 5.41) is 3.48. The first-order valence-electron chi connectivity index (χ1n) is 7.26. The van der Waals surface area contributed by atoms with Gasteiger partial charge in [0.25, 0.3) is 0 Å². The fourth-order valence-electron chi connectivity index (χ4n) is 2.81. The predicted molar refractivity (Wildman–Crippen MR) is 71.9 cm³/mol. The minimum Gasteiger partial charge on any atom is -0.317 e. The third-order valence-corrected chi connectivity index (χ3v) is 3.87. The highest BCUT2D eigenvalue weighted by molar-refractivity contribution is 4.83. The van der Waals surface area contributed by atoms with Gasteiger partial charge in [0.05, 0.1) is 0 Å². The molecule has 0 saturated carbocycles. The van der Waals surface area contributed by atoms with Gasteiger partial charge in [0.2, 0.25) is 0 Å². The van der Waals surface area contributed by atoms with Crippen LogP contribution in [0.25, 0.3) is 0 Å². The van der Waals surface area contributed by atoms with Crippen molar-refractivity contribution in [2.24, 2.45) is 0 Å². The Hall–Kier alpha value is -0.0800. The van der Waals surface area contributed by atoms with E-state index in [4.69, 9.17) is 0 Å². The summed E-state index contributed by atoms with van der Waals surface area (Å²) in [6, 6.07) is 1.70. The van der Waals surface area contributed by atoms with Gasteiger partial charge in [0.15, 0.2) is 0 Å². The molecule has 0 aliphatic carbocycles. The molecule has 2 unspecified atom stereocenters. The van der Waals surface area contributed by atoms with E-state index in [0.29, 0.717) is 0 Å². The van der Waals surface area contributed by atoms with E-state index in [-0.39, 0.29) is 0 Å². The number of hydrogen-bond donors (Lipinski definition) is 1. The topological polar surface area (TPSA) is 15.3 Å². The van der Waals surface area contributed by atoms with Crippen LogP contribution in [0.15, 0.2) is 0 Å². The van der Waals surface area contributed by atoms with Crippen molar-refractivity contribution in [2.45, 2.75) is 71.4 Å². The van der Waals surface area contributed by atoms with Crippen molar-refractivity contribution in [1.82, 2.24) is 10.2 Å². The summed E-state index contributed by atoms with van der Waals surface area (Å²) in [5.74, 6) is 0. The summed E-state index contributed by atoms with van der Waals surface area (Å²) in [5.41, 5.74) is 0. The maximum atomic E-state index is 3.48. The van der Waals surface area contributed by atoms with Gasteiger partial charge in [-0.05, 0) is 65.1 Å². The zero-order valence-corrected chi connectivity index (χ0v) is 11.5. The van der Waals surface area contributed by atoms with Gasteiger partial charge in [0.1, 0.15) is 0 Å². The van der Waals surface area contributed by atoms with E-state index in [1.807, 2.05) is 0 Å². The minimum absolute atomic E-state index is 0.827. The van der Waals surface area contributed by atoms with Crippen molar-refractivity contribution in [3.8, 4) is 0 Å². The Morgan fingerprint density at radius 2 is 1.94 bits per heavy atom. The average Bonchev–Trinajstić information content (AvgIpc) is 2.65. The Morgan fingerprint density at radius 3 is 2.62 bits per heavy atom. The Labute approximate surface area is 102 Å². The van der Waals surface area contributed by atoms with Crippen molar-refractivity contribution in [2.75, 3.05) is 19.6 Å². The molecule has 0 bridgehead atoms. The van der Waals surface area contributed by atoms with Gasteiger partial charge in [-0.25, -0.2) is 0 Å². The molecule has 1 heterocycles. The van der Waals surface area contributed by atoms with Crippen LogP contribution in [0, 0.1) is 0 Å². The zero-order chi connectivity index (χ0) is 11.8.